The van der Waals surface area contributed by atoms with Crippen molar-refractivity contribution >= 4 is 12.1 Å². The smallest absolute Gasteiger partial charge is 0.410 e. The summed E-state index contributed by atoms with van der Waals surface area (Å²) in [5.41, 5.74) is 0.847. The number of carbonyl (C=O) groups excluding carboxylic acids is 1. The predicted octanol–water partition coefficient (Wildman–Crippen LogP) is 5.19. The number of aliphatic carboxylic acids is 1. The summed E-state index contributed by atoms with van der Waals surface area (Å²) < 4.78 is 22.4. The van der Waals surface area contributed by atoms with Crippen molar-refractivity contribution in [3.63, 3.8) is 0 Å². The topological polar surface area (TPSA) is 94.5 Å². The molecule has 2 aromatic carbocycles. The molecule has 0 radical (unpaired) electrons. The number of amides is 1. The second kappa shape index (κ2) is 16.4. The van der Waals surface area contributed by atoms with Crippen molar-refractivity contribution in [1.29, 1.82) is 0 Å². The van der Waals surface area contributed by atoms with Gasteiger partial charge in [-0.15, -0.1) is 0 Å². The molecule has 8 heteroatoms. The Morgan fingerprint density at radius 1 is 0.889 bits per heavy atom. The summed E-state index contributed by atoms with van der Waals surface area (Å²) in [6, 6.07) is 16.9. The number of para-hydroxylation sites is 1. The number of hydrogen-bond acceptors (Lipinski definition) is 6. The fourth-order valence-electron chi connectivity index (χ4n) is 3.36. The lowest BCUT2D eigenvalue weighted by molar-refractivity contribution is -0.149. The Labute approximate surface area is 214 Å². The van der Waals surface area contributed by atoms with Crippen LogP contribution in [0.25, 0.3) is 0 Å². The second-order valence-electron chi connectivity index (χ2n) is 8.44. The van der Waals surface area contributed by atoms with E-state index in [1.54, 1.807) is 24.0 Å². The van der Waals surface area contributed by atoms with Crippen molar-refractivity contribution < 1.29 is 33.6 Å². The van der Waals surface area contributed by atoms with Gasteiger partial charge in [-0.1, -0.05) is 37.3 Å². The van der Waals surface area contributed by atoms with Gasteiger partial charge in [-0.05, 0) is 62.9 Å². The maximum absolute atomic E-state index is 12.7. The number of carboxylic acid groups (broad SMARTS) is 1. The molecular weight excluding hydrogens is 462 g/mol. The van der Waals surface area contributed by atoms with E-state index in [4.69, 9.17) is 18.9 Å². The average Bonchev–Trinajstić information content (AvgIpc) is 2.88. The van der Waals surface area contributed by atoms with E-state index in [1.807, 2.05) is 56.3 Å². The van der Waals surface area contributed by atoms with E-state index in [0.29, 0.717) is 38.7 Å². The molecule has 2 aromatic rings. The molecule has 198 valence electrons. The van der Waals surface area contributed by atoms with Gasteiger partial charge >= 0.3 is 12.1 Å². The minimum atomic E-state index is -0.979. The first-order valence-electron chi connectivity index (χ1n) is 12.6. The van der Waals surface area contributed by atoms with Crippen LogP contribution in [0.1, 0.15) is 45.6 Å². The Bertz CT molecular complexity index is 889. The van der Waals surface area contributed by atoms with E-state index in [0.717, 1.165) is 30.6 Å². The van der Waals surface area contributed by atoms with Crippen LogP contribution in [0.2, 0.25) is 0 Å². The zero-order chi connectivity index (χ0) is 26.2. The van der Waals surface area contributed by atoms with Crippen LogP contribution in [0, 0.1) is 0 Å². The average molecular weight is 502 g/mol. The molecule has 0 bridgehead atoms. The minimum Gasteiger partial charge on any atom is -0.494 e. The van der Waals surface area contributed by atoms with E-state index in [2.05, 4.69) is 0 Å². The first-order chi connectivity index (χ1) is 17.4. The second-order valence-corrected chi connectivity index (χ2v) is 8.44. The highest BCUT2D eigenvalue weighted by molar-refractivity contribution is 5.72. The molecule has 2 atom stereocenters. The summed E-state index contributed by atoms with van der Waals surface area (Å²) in [6.07, 6.45) is 1.26. The Kier molecular flexibility index (Phi) is 13.2. The van der Waals surface area contributed by atoms with Gasteiger partial charge in [-0.2, -0.15) is 0 Å². The molecule has 1 amide bonds. The van der Waals surface area contributed by atoms with Crippen LogP contribution >= 0.6 is 0 Å². The molecule has 0 spiro atoms. The van der Waals surface area contributed by atoms with E-state index in [-0.39, 0.29) is 18.6 Å². The fourth-order valence-corrected chi connectivity index (χ4v) is 3.36. The zero-order valence-electron chi connectivity index (χ0n) is 21.6. The highest BCUT2D eigenvalue weighted by Gasteiger charge is 2.19. The number of unbranched alkanes of at least 4 members (excludes halogenated alkanes) is 1. The quantitative estimate of drug-likeness (QED) is 0.298. The van der Waals surface area contributed by atoms with Gasteiger partial charge in [0.15, 0.2) is 6.10 Å². The number of nitrogens with zero attached hydrogens (tertiary/aromatic N) is 1. The number of carbonyl (C=O) groups is 2. The molecule has 1 N–H and O–H groups in total. The van der Waals surface area contributed by atoms with Crippen LogP contribution in [-0.4, -0.2) is 67.2 Å². The van der Waals surface area contributed by atoms with Gasteiger partial charge < -0.3 is 29.0 Å². The Balaban J connectivity index is 1.81. The molecule has 0 saturated carbocycles. The lowest BCUT2D eigenvalue weighted by Gasteiger charge is -2.24. The van der Waals surface area contributed by atoms with Crippen LogP contribution in [0.15, 0.2) is 54.6 Å². The predicted molar refractivity (Wildman–Crippen MR) is 138 cm³/mol. The molecule has 0 fully saturated rings. The summed E-state index contributed by atoms with van der Waals surface area (Å²) in [4.78, 5) is 25.6. The normalized spacial score (nSPS) is 12.4. The minimum absolute atomic E-state index is 0.152. The van der Waals surface area contributed by atoms with Crippen molar-refractivity contribution in [1.82, 2.24) is 4.90 Å². The molecule has 2 rings (SSSR count). The van der Waals surface area contributed by atoms with Crippen LogP contribution < -0.4 is 9.47 Å². The summed E-state index contributed by atoms with van der Waals surface area (Å²) in [7, 11) is 0. The van der Waals surface area contributed by atoms with E-state index in [1.165, 1.54) is 0 Å². The molecule has 8 nitrogen and oxygen atoms in total. The third-order valence-corrected chi connectivity index (χ3v) is 5.59. The van der Waals surface area contributed by atoms with Gasteiger partial charge in [0.05, 0.1) is 13.2 Å². The molecule has 0 saturated heterocycles. The lowest BCUT2D eigenvalue weighted by Crippen LogP contribution is -2.37. The number of carboxylic acids is 1. The van der Waals surface area contributed by atoms with Crippen LogP contribution in [0.4, 0.5) is 4.79 Å². The van der Waals surface area contributed by atoms with Gasteiger partial charge in [0.1, 0.15) is 24.2 Å². The Hall–Kier alpha value is -3.26. The molecular formula is C28H39NO7. The highest BCUT2D eigenvalue weighted by Crippen LogP contribution is 2.15. The first-order valence-corrected chi connectivity index (χ1v) is 12.6. The standard InChI is InChI=1S/C28H39NO7/c1-4-22(3)36-28(32)29(17-9-10-19-34-24-11-7-6-8-12-24)18-20-35-25-15-13-23(14-16-25)21-26(27(30)31)33-5-2/h6-8,11-16,22,26H,4-5,9-10,17-21H2,1-3H3,(H,30,31). The molecule has 36 heavy (non-hydrogen) atoms. The Morgan fingerprint density at radius 3 is 2.19 bits per heavy atom. The van der Waals surface area contributed by atoms with Gasteiger partial charge in [0.25, 0.3) is 0 Å². The van der Waals surface area contributed by atoms with Crippen molar-refractivity contribution in [2.45, 2.75) is 58.7 Å². The number of rotatable bonds is 17. The summed E-state index contributed by atoms with van der Waals surface area (Å²) in [6.45, 7) is 7.79. The first kappa shape index (κ1) is 29.0. The maximum Gasteiger partial charge on any atom is 0.410 e. The van der Waals surface area contributed by atoms with Gasteiger partial charge in [0, 0.05) is 19.6 Å². The van der Waals surface area contributed by atoms with E-state index < -0.39 is 12.1 Å². The number of benzene rings is 2. The SMILES string of the molecule is CCOC(Cc1ccc(OCCN(CCCCOc2ccccc2)C(=O)OC(C)CC)cc1)C(=O)O. The van der Waals surface area contributed by atoms with Gasteiger partial charge in [-0.3, -0.25) is 0 Å². The molecule has 0 aliphatic carbocycles. The van der Waals surface area contributed by atoms with Crippen molar-refractivity contribution in [3.8, 4) is 11.5 Å². The molecule has 0 aliphatic heterocycles. The van der Waals surface area contributed by atoms with E-state index in [9.17, 15) is 14.7 Å². The summed E-state index contributed by atoms with van der Waals surface area (Å²) >= 11 is 0. The monoisotopic (exact) mass is 501 g/mol. The largest absolute Gasteiger partial charge is 0.494 e. The number of ether oxygens (including phenoxy) is 4. The number of hydrogen-bond donors (Lipinski definition) is 1. The molecule has 0 aromatic heterocycles. The van der Waals surface area contributed by atoms with Gasteiger partial charge in [0.2, 0.25) is 0 Å². The zero-order valence-corrected chi connectivity index (χ0v) is 21.6. The summed E-state index contributed by atoms with van der Waals surface area (Å²) in [5.74, 6) is 0.503. The van der Waals surface area contributed by atoms with Crippen LogP contribution in [-0.2, 0) is 20.7 Å². The molecule has 2 unspecified atom stereocenters. The fraction of sp³-hybridized carbons (Fsp3) is 0.500. The third kappa shape index (κ3) is 11.0. The van der Waals surface area contributed by atoms with Crippen molar-refractivity contribution in [3.05, 3.63) is 60.2 Å². The molecule has 0 heterocycles. The van der Waals surface area contributed by atoms with Crippen molar-refractivity contribution in [2.75, 3.05) is 32.9 Å². The van der Waals surface area contributed by atoms with Crippen LogP contribution in [0.3, 0.4) is 0 Å². The summed E-state index contributed by atoms with van der Waals surface area (Å²) in [5, 5.41) is 9.25. The van der Waals surface area contributed by atoms with Crippen molar-refractivity contribution in [2.24, 2.45) is 0 Å². The third-order valence-electron chi connectivity index (χ3n) is 5.59. The van der Waals surface area contributed by atoms with Gasteiger partial charge in [-0.25, -0.2) is 9.59 Å². The van der Waals surface area contributed by atoms with E-state index >= 15 is 0 Å². The van der Waals surface area contributed by atoms with Crippen LogP contribution in [0.5, 0.6) is 11.5 Å². The maximum atomic E-state index is 12.7. The highest BCUT2D eigenvalue weighted by atomic mass is 16.6. The molecule has 0 aliphatic rings. The lowest BCUT2D eigenvalue weighted by atomic mass is 10.1. The Morgan fingerprint density at radius 2 is 1.56 bits per heavy atom.